The molecule has 0 amide bonds. The minimum atomic E-state index is -1.13. The zero-order chi connectivity index (χ0) is 10.7. The molecule has 0 spiro atoms. The van der Waals surface area contributed by atoms with Crippen LogP contribution in [0.3, 0.4) is 0 Å². The molecule has 0 saturated heterocycles. The largest absolute Gasteiger partial charge is 0.362 e. The molecule has 2 rings (SSSR count). The molecule has 1 N–H and O–H groups in total. The number of methoxy groups -OCH3 is 1. The second-order valence-corrected chi connectivity index (χ2v) is 3.61. The highest BCUT2D eigenvalue weighted by Crippen LogP contribution is 2.26. The van der Waals surface area contributed by atoms with Crippen LogP contribution in [0.5, 0.6) is 0 Å². The van der Waals surface area contributed by atoms with Gasteiger partial charge in [-0.3, -0.25) is 0 Å². The van der Waals surface area contributed by atoms with Gasteiger partial charge in [0, 0.05) is 13.5 Å². The molecule has 1 aromatic carbocycles. The van der Waals surface area contributed by atoms with Gasteiger partial charge in [-0.05, 0) is 17.2 Å². The molecule has 0 fully saturated rings. The maximum absolute atomic E-state index is 9.79. The molecular weight excluding hydrogens is 188 g/mol. The van der Waals surface area contributed by atoms with Gasteiger partial charge in [0.15, 0.2) is 5.79 Å². The Morgan fingerprint density at radius 3 is 2.53 bits per heavy atom. The fourth-order valence-electron chi connectivity index (χ4n) is 1.61. The van der Waals surface area contributed by atoms with Crippen molar-refractivity contribution >= 4 is 5.57 Å². The molecule has 78 valence electrons. The Bertz CT molecular complexity index is 392. The summed E-state index contributed by atoms with van der Waals surface area (Å²) >= 11 is 0. The lowest BCUT2D eigenvalue weighted by molar-refractivity contribution is -0.143. The van der Waals surface area contributed by atoms with Crippen molar-refractivity contribution in [1.29, 1.82) is 0 Å². The normalized spacial score (nSPS) is 25.1. The van der Waals surface area contributed by atoms with E-state index in [0.29, 0.717) is 6.42 Å². The summed E-state index contributed by atoms with van der Waals surface area (Å²) < 4.78 is 4.99. The minimum absolute atomic E-state index is 0.490. The fourth-order valence-corrected chi connectivity index (χ4v) is 1.61. The number of benzene rings is 1. The summed E-state index contributed by atoms with van der Waals surface area (Å²) in [4.78, 5) is 0. The average Bonchev–Trinajstić information content (AvgIpc) is 2.31. The molecule has 0 bridgehead atoms. The SMILES string of the molecule is COC1(O)C=CC(c2ccccc2)=CC1. The van der Waals surface area contributed by atoms with E-state index in [1.807, 2.05) is 42.5 Å². The Labute approximate surface area is 89.5 Å². The smallest absolute Gasteiger partial charge is 0.188 e. The fraction of sp³-hybridized carbons (Fsp3) is 0.231. The van der Waals surface area contributed by atoms with Crippen LogP contribution >= 0.6 is 0 Å². The minimum Gasteiger partial charge on any atom is -0.362 e. The maximum atomic E-state index is 9.79. The van der Waals surface area contributed by atoms with Gasteiger partial charge in [-0.15, -0.1) is 0 Å². The van der Waals surface area contributed by atoms with E-state index in [0.717, 1.165) is 11.1 Å². The van der Waals surface area contributed by atoms with Gasteiger partial charge in [0.2, 0.25) is 0 Å². The number of aliphatic hydroxyl groups is 1. The summed E-state index contributed by atoms with van der Waals surface area (Å²) in [5.41, 5.74) is 2.28. The van der Waals surface area contributed by atoms with E-state index in [1.54, 1.807) is 6.08 Å². The van der Waals surface area contributed by atoms with Gasteiger partial charge in [-0.1, -0.05) is 42.5 Å². The zero-order valence-corrected chi connectivity index (χ0v) is 8.68. The Balaban J connectivity index is 2.20. The van der Waals surface area contributed by atoms with Crippen molar-refractivity contribution in [3.8, 4) is 0 Å². The topological polar surface area (TPSA) is 29.5 Å². The molecule has 0 radical (unpaired) electrons. The Morgan fingerprint density at radius 1 is 1.27 bits per heavy atom. The van der Waals surface area contributed by atoms with Crippen LogP contribution in [0.25, 0.3) is 5.57 Å². The molecule has 0 heterocycles. The summed E-state index contributed by atoms with van der Waals surface area (Å²) in [6.45, 7) is 0. The first-order valence-electron chi connectivity index (χ1n) is 4.96. The van der Waals surface area contributed by atoms with Crippen molar-refractivity contribution in [2.24, 2.45) is 0 Å². The highest BCUT2D eigenvalue weighted by atomic mass is 16.6. The third-order valence-corrected chi connectivity index (χ3v) is 2.60. The van der Waals surface area contributed by atoms with Crippen LogP contribution < -0.4 is 0 Å². The van der Waals surface area contributed by atoms with Crippen LogP contribution in [0.15, 0.2) is 48.6 Å². The average molecular weight is 202 g/mol. The lowest BCUT2D eigenvalue weighted by atomic mass is 9.96. The second kappa shape index (κ2) is 4.01. The van der Waals surface area contributed by atoms with E-state index in [-0.39, 0.29) is 0 Å². The Morgan fingerprint density at radius 2 is 2.00 bits per heavy atom. The molecule has 1 aromatic rings. The van der Waals surface area contributed by atoms with Gasteiger partial charge >= 0.3 is 0 Å². The predicted molar refractivity (Wildman–Crippen MR) is 60.1 cm³/mol. The molecule has 2 heteroatoms. The molecule has 0 aliphatic heterocycles. The number of allylic oxidation sites excluding steroid dienone is 2. The van der Waals surface area contributed by atoms with Crippen LogP contribution in [0, 0.1) is 0 Å². The molecule has 15 heavy (non-hydrogen) atoms. The lowest BCUT2D eigenvalue weighted by Crippen LogP contribution is -2.28. The highest BCUT2D eigenvalue weighted by Gasteiger charge is 2.23. The van der Waals surface area contributed by atoms with Crippen molar-refractivity contribution in [3.63, 3.8) is 0 Å². The van der Waals surface area contributed by atoms with E-state index in [2.05, 4.69) is 0 Å². The van der Waals surface area contributed by atoms with Crippen LogP contribution in [0.2, 0.25) is 0 Å². The van der Waals surface area contributed by atoms with Crippen LogP contribution in [0.1, 0.15) is 12.0 Å². The Kier molecular flexibility index (Phi) is 2.71. The van der Waals surface area contributed by atoms with E-state index in [4.69, 9.17) is 4.74 Å². The van der Waals surface area contributed by atoms with Gasteiger partial charge in [0.1, 0.15) is 0 Å². The summed E-state index contributed by atoms with van der Waals surface area (Å²) in [7, 11) is 1.51. The van der Waals surface area contributed by atoms with Crippen molar-refractivity contribution in [1.82, 2.24) is 0 Å². The first-order valence-corrected chi connectivity index (χ1v) is 4.96. The summed E-state index contributed by atoms with van der Waals surface area (Å²) in [6, 6.07) is 10.1. The lowest BCUT2D eigenvalue weighted by Gasteiger charge is -2.24. The molecule has 1 aliphatic carbocycles. The van der Waals surface area contributed by atoms with Crippen LogP contribution in [-0.2, 0) is 4.74 Å². The third-order valence-electron chi connectivity index (χ3n) is 2.60. The van der Waals surface area contributed by atoms with E-state index < -0.39 is 5.79 Å². The molecule has 1 unspecified atom stereocenters. The quantitative estimate of drug-likeness (QED) is 0.746. The molecular formula is C13H14O2. The van der Waals surface area contributed by atoms with E-state index >= 15 is 0 Å². The Hall–Kier alpha value is -1.38. The molecule has 0 aromatic heterocycles. The summed E-state index contributed by atoms with van der Waals surface area (Å²) in [6.07, 6.45) is 6.06. The van der Waals surface area contributed by atoms with Crippen molar-refractivity contribution < 1.29 is 9.84 Å². The van der Waals surface area contributed by atoms with Crippen molar-refractivity contribution in [3.05, 3.63) is 54.1 Å². The number of rotatable bonds is 2. The summed E-state index contributed by atoms with van der Waals surface area (Å²) in [5.74, 6) is -1.13. The molecule has 0 saturated carbocycles. The predicted octanol–water partition coefficient (Wildman–Crippen LogP) is 2.36. The third kappa shape index (κ3) is 2.17. The first kappa shape index (κ1) is 10.1. The van der Waals surface area contributed by atoms with Crippen LogP contribution in [0.4, 0.5) is 0 Å². The number of hydrogen-bond acceptors (Lipinski definition) is 2. The zero-order valence-electron chi connectivity index (χ0n) is 8.68. The van der Waals surface area contributed by atoms with Crippen LogP contribution in [-0.4, -0.2) is 18.0 Å². The van der Waals surface area contributed by atoms with Gasteiger partial charge in [-0.25, -0.2) is 0 Å². The molecule has 1 aliphatic rings. The monoisotopic (exact) mass is 202 g/mol. The van der Waals surface area contributed by atoms with Gasteiger partial charge in [-0.2, -0.15) is 0 Å². The summed E-state index contributed by atoms with van der Waals surface area (Å²) in [5, 5.41) is 9.79. The van der Waals surface area contributed by atoms with E-state index in [9.17, 15) is 5.11 Å². The van der Waals surface area contributed by atoms with Crippen molar-refractivity contribution in [2.75, 3.05) is 7.11 Å². The maximum Gasteiger partial charge on any atom is 0.188 e. The van der Waals surface area contributed by atoms with Gasteiger partial charge < -0.3 is 9.84 Å². The number of ether oxygens (including phenoxy) is 1. The number of hydrogen-bond donors (Lipinski definition) is 1. The van der Waals surface area contributed by atoms with Gasteiger partial charge in [0.25, 0.3) is 0 Å². The molecule has 1 atom stereocenters. The van der Waals surface area contributed by atoms with Crippen molar-refractivity contribution in [2.45, 2.75) is 12.2 Å². The van der Waals surface area contributed by atoms with E-state index in [1.165, 1.54) is 7.11 Å². The first-order chi connectivity index (χ1) is 7.23. The molecule has 2 nitrogen and oxygen atoms in total. The highest BCUT2D eigenvalue weighted by molar-refractivity contribution is 5.75. The second-order valence-electron chi connectivity index (χ2n) is 3.61. The van der Waals surface area contributed by atoms with Gasteiger partial charge in [0.05, 0.1) is 0 Å². The standard InChI is InChI=1S/C13H14O2/c1-15-13(14)9-7-12(8-10-13)11-5-3-2-4-6-11/h2-9,14H,10H2,1H3.